The molecule has 0 aromatic heterocycles. The fraction of sp³-hybridized carbons (Fsp3) is 0.455. The largest absolute Gasteiger partial charge is 0.205 e. The van der Waals surface area contributed by atoms with E-state index in [1.165, 1.54) is 0 Å². The summed E-state index contributed by atoms with van der Waals surface area (Å²) in [5.41, 5.74) is 0.676. The fourth-order valence-electron chi connectivity index (χ4n) is 1.32. The first-order valence-corrected chi connectivity index (χ1v) is 5.49. The predicted octanol–water partition coefficient (Wildman–Crippen LogP) is 4.43. The van der Waals surface area contributed by atoms with E-state index in [9.17, 15) is 4.39 Å². The third-order valence-electron chi connectivity index (χ3n) is 2.08. The number of halogens is 3. The zero-order valence-corrected chi connectivity index (χ0v) is 9.58. The van der Waals surface area contributed by atoms with Crippen LogP contribution in [0.25, 0.3) is 0 Å². The first-order valence-electron chi connectivity index (χ1n) is 4.68. The minimum Gasteiger partial charge on any atom is -0.205 e. The summed E-state index contributed by atoms with van der Waals surface area (Å²) in [4.78, 5) is 0. The summed E-state index contributed by atoms with van der Waals surface area (Å²) in [5.74, 6) is -0.295. The Kier molecular flexibility index (Phi) is 4.70. The van der Waals surface area contributed by atoms with Gasteiger partial charge < -0.3 is 0 Å². The van der Waals surface area contributed by atoms with Gasteiger partial charge in [-0.2, -0.15) is 0 Å². The predicted molar refractivity (Wildman–Crippen MR) is 59.7 cm³/mol. The third kappa shape index (κ3) is 3.47. The maximum atomic E-state index is 13.4. The van der Waals surface area contributed by atoms with Crippen molar-refractivity contribution in [1.82, 2.24) is 0 Å². The second-order valence-electron chi connectivity index (χ2n) is 3.39. The van der Waals surface area contributed by atoms with Gasteiger partial charge in [0.05, 0.1) is 5.02 Å². The van der Waals surface area contributed by atoms with E-state index < -0.39 is 0 Å². The minimum atomic E-state index is -0.295. The van der Waals surface area contributed by atoms with Gasteiger partial charge in [-0.3, -0.25) is 0 Å². The van der Waals surface area contributed by atoms with Crippen LogP contribution >= 0.6 is 23.2 Å². The molecule has 78 valence electrons. The molecule has 1 unspecified atom stereocenters. The Labute approximate surface area is 94.0 Å². The summed E-state index contributed by atoms with van der Waals surface area (Å²) in [6, 6.07) is 5.09. The zero-order chi connectivity index (χ0) is 10.6. The zero-order valence-electron chi connectivity index (χ0n) is 8.06. The molecule has 0 fully saturated rings. The number of hydrogen-bond donors (Lipinski definition) is 0. The molecule has 0 N–H and O–H groups in total. The third-order valence-corrected chi connectivity index (χ3v) is 2.59. The molecule has 0 aliphatic rings. The summed E-state index contributed by atoms with van der Waals surface area (Å²) in [7, 11) is 0. The Bertz CT molecular complexity index is 297. The van der Waals surface area contributed by atoms with Gasteiger partial charge in [0.1, 0.15) is 5.82 Å². The molecule has 0 saturated heterocycles. The quantitative estimate of drug-likeness (QED) is 0.677. The molecule has 0 bridgehead atoms. The molecule has 0 nitrogen and oxygen atoms in total. The van der Waals surface area contributed by atoms with Gasteiger partial charge in [0.25, 0.3) is 0 Å². The lowest BCUT2D eigenvalue weighted by atomic mass is 10.1. The van der Waals surface area contributed by atoms with E-state index in [1.54, 1.807) is 18.2 Å². The molecule has 0 heterocycles. The van der Waals surface area contributed by atoms with E-state index in [4.69, 9.17) is 23.2 Å². The Morgan fingerprint density at radius 2 is 2.14 bits per heavy atom. The first kappa shape index (κ1) is 11.8. The van der Waals surface area contributed by atoms with Crippen molar-refractivity contribution in [3.63, 3.8) is 0 Å². The molecule has 3 heteroatoms. The van der Waals surface area contributed by atoms with Crippen molar-refractivity contribution in [2.24, 2.45) is 0 Å². The van der Waals surface area contributed by atoms with Crippen LogP contribution < -0.4 is 0 Å². The van der Waals surface area contributed by atoms with Gasteiger partial charge in [-0.15, -0.1) is 11.6 Å². The van der Waals surface area contributed by atoms with E-state index in [0.29, 0.717) is 12.0 Å². The topological polar surface area (TPSA) is 0 Å². The molecule has 1 rings (SSSR count). The second-order valence-corrected chi connectivity index (χ2v) is 4.54. The summed E-state index contributed by atoms with van der Waals surface area (Å²) in [6.07, 6.45) is 2.49. The van der Waals surface area contributed by atoms with Crippen molar-refractivity contribution in [3.8, 4) is 0 Å². The van der Waals surface area contributed by atoms with Gasteiger partial charge in [0.15, 0.2) is 0 Å². The number of benzene rings is 1. The Balaban J connectivity index is 2.54. The fourth-order valence-corrected chi connectivity index (χ4v) is 1.66. The average molecular weight is 235 g/mol. The van der Waals surface area contributed by atoms with Crippen molar-refractivity contribution in [2.75, 3.05) is 0 Å². The summed E-state index contributed by atoms with van der Waals surface area (Å²) < 4.78 is 13.4. The lowest BCUT2D eigenvalue weighted by Crippen LogP contribution is -1.95. The molecule has 0 saturated carbocycles. The number of alkyl halides is 1. The molecule has 1 aromatic rings. The smallest absolute Gasteiger partial charge is 0.144 e. The molecular weight excluding hydrogens is 222 g/mol. The SMILES string of the molecule is CC(Cl)CCCc1cccc(Cl)c1F. The van der Waals surface area contributed by atoms with Crippen molar-refractivity contribution in [3.05, 3.63) is 34.6 Å². The van der Waals surface area contributed by atoms with Crippen LogP contribution in [0.2, 0.25) is 5.02 Å². The lowest BCUT2D eigenvalue weighted by molar-refractivity contribution is 0.600. The van der Waals surface area contributed by atoms with Crippen LogP contribution in [0.4, 0.5) is 4.39 Å². The van der Waals surface area contributed by atoms with E-state index in [2.05, 4.69) is 0 Å². The molecule has 0 aliphatic carbocycles. The van der Waals surface area contributed by atoms with E-state index in [1.807, 2.05) is 6.92 Å². The molecule has 0 aliphatic heterocycles. The Hall–Kier alpha value is -0.270. The highest BCUT2D eigenvalue weighted by molar-refractivity contribution is 6.30. The van der Waals surface area contributed by atoms with Crippen molar-refractivity contribution < 1.29 is 4.39 Å². The lowest BCUT2D eigenvalue weighted by Gasteiger charge is -2.05. The molecule has 0 spiro atoms. The highest BCUT2D eigenvalue weighted by Crippen LogP contribution is 2.19. The van der Waals surface area contributed by atoms with Crippen LogP contribution in [0.15, 0.2) is 18.2 Å². The second kappa shape index (κ2) is 5.57. The summed E-state index contributed by atoms with van der Waals surface area (Å²) >= 11 is 11.4. The minimum absolute atomic E-state index is 0.150. The number of hydrogen-bond acceptors (Lipinski definition) is 0. The van der Waals surface area contributed by atoms with Gasteiger partial charge >= 0.3 is 0 Å². The number of rotatable bonds is 4. The molecule has 0 radical (unpaired) electrons. The van der Waals surface area contributed by atoms with Crippen LogP contribution in [0.3, 0.4) is 0 Å². The maximum absolute atomic E-state index is 13.4. The first-order chi connectivity index (χ1) is 6.61. The number of aryl methyl sites for hydroxylation is 1. The maximum Gasteiger partial charge on any atom is 0.144 e. The van der Waals surface area contributed by atoms with Crippen LogP contribution in [-0.2, 0) is 6.42 Å². The van der Waals surface area contributed by atoms with Crippen LogP contribution in [-0.4, -0.2) is 5.38 Å². The van der Waals surface area contributed by atoms with E-state index in [-0.39, 0.29) is 16.2 Å². The molecule has 14 heavy (non-hydrogen) atoms. The van der Waals surface area contributed by atoms with Gasteiger partial charge in [-0.25, -0.2) is 4.39 Å². The van der Waals surface area contributed by atoms with E-state index in [0.717, 1.165) is 12.8 Å². The molecule has 0 amide bonds. The molecule has 1 aromatic carbocycles. The summed E-state index contributed by atoms with van der Waals surface area (Å²) in [5, 5.41) is 0.346. The normalized spacial score (nSPS) is 12.9. The average Bonchev–Trinajstić information content (AvgIpc) is 2.12. The highest BCUT2D eigenvalue weighted by atomic mass is 35.5. The van der Waals surface area contributed by atoms with Gasteiger partial charge in [-0.1, -0.05) is 23.7 Å². The van der Waals surface area contributed by atoms with Crippen LogP contribution in [0.5, 0.6) is 0 Å². The van der Waals surface area contributed by atoms with Crippen LogP contribution in [0.1, 0.15) is 25.3 Å². The standard InChI is InChI=1S/C11H13Cl2F/c1-8(12)4-2-5-9-6-3-7-10(13)11(9)14/h3,6-8H,2,4-5H2,1H3. The van der Waals surface area contributed by atoms with Gasteiger partial charge in [0, 0.05) is 5.38 Å². The van der Waals surface area contributed by atoms with Gasteiger partial charge in [-0.05, 0) is 37.8 Å². The monoisotopic (exact) mass is 234 g/mol. The highest BCUT2D eigenvalue weighted by Gasteiger charge is 2.06. The van der Waals surface area contributed by atoms with Crippen LogP contribution in [0, 0.1) is 5.82 Å². The summed E-state index contributed by atoms with van der Waals surface area (Å²) in [6.45, 7) is 1.94. The van der Waals surface area contributed by atoms with Crippen molar-refractivity contribution in [2.45, 2.75) is 31.6 Å². The Morgan fingerprint density at radius 3 is 2.79 bits per heavy atom. The molecule has 1 atom stereocenters. The van der Waals surface area contributed by atoms with Gasteiger partial charge in [0.2, 0.25) is 0 Å². The van der Waals surface area contributed by atoms with E-state index >= 15 is 0 Å². The Morgan fingerprint density at radius 1 is 1.43 bits per heavy atom. The van der Waals surface area contributed by atoms with Crippen molar-refractivity contribution >= 4 is 23.2 Å². The van der Waals surface area contributed by atoms with Crippen molar-refractivity contribution in [1.29, 1.82) is 0 Å². The molecular formula is C11H13Cl2F.